The Kier molecular flexibility index (Phi) is 17.7. The minimum Gasteiger partial charge on any atom is -0.457 e. The highest BCUT2D eigenvalue weighted by molar-refractivity contribution is 6.25. The van der Waals surface area contributed by atoms with Crippen molar-refractivity contribution < 1.29 is 52.5 Å². The van der Waals surface area contributed by atoms with E-state index in [0.717, 1.165) is 55.1 Å². The van der Waals surface area contributed by atoms with E-state index in [4.69, 9.17) is 34.5 Å². The van der Waals surface area contributed by atoms with Gasteiger partial charge in [0.25, 0.3) is 11.8 Å². The number of benzene rings is 3. The molecule has 6 heterocycles. The fourth-order valence-corrected chi connectivity index (χ4v) is 9.80. The third-order valence-corrected chi connectivity index (χ3v) is 13.7. The Morgan fingerprint density at radius 3 is 2.20 bits per heavy atom. The number of nitrogen functional groups attached to an aromatic ring is 1. The fraction of sp³-hybridized carbons (Fsp3) is 0.453. The maximum Gasteiger partial charge on any atom is 0.264 e. The topological polar surface area (TPSA) is 255 Å². The number of carbonyl (C=O) groups excluding carboxylic acids is 6. The number of nitrogens with two attached hydrogens (primary N) is 1. The first-order valence-electron chi connectivity index (χ1n) is 25.6. The van der Waals surface area contributed by atoms with Crippen molar-refractivity contribution in [3.05, 3.63) is 90.3 Å². The molecule has 22 nitrogen and oxygen atoms in total. The van der Waals surface area contributed by atoms with Gasteiger partial charge in [0, 0.05) is 69.9 Å². The summed E-state index contributed by atoms with van der Waals surface area (Å²) in [6, 6.07) is 21.1. The number of para-hydroxylation sites is 1. The lowest BCUT2D eigenvalue weighted by molar-refractivity contribution is -0.138. The molecule has 4 aliphatic heterocycles. The van der Waals surface area contributed by atoms with E-state index in [2.05, 4.69) is 25.5 Å². The number of anilines is 2. The van der Waals surface area contributed by atoms with Crippen molar-refractivity contribution in [1.29, 1.82) is 0 Å². The molecule has 9 rings (SSSR count). The van der Waals surface area contributed by atoms with Crippen molar-refractivity contribution in [2.24, 2.45) is 0 Å². The highest BCUT2D eigenvalue weighted by Crippen LogP contribution is 2.36. The third-order valence-electron chi connectivity index (χ3n) is 13.7. The SMILES string of the molecule is Nc1ncnc2c1c(-c1ccc(Oc3ccccc3)cc1)nn2[C@@H]1CCCN(C(=O)CCCN2CCN(C(=O)COCCOCCOCCOCCNc3cccc4c3C(=O)N(C3CCC(=O)NC3=O)C4=O)CC2)C1. The largest absolute Gasteiger partial charge is 0.457 e. The number of nitrogens with zero attached hydrogens (tertiary/aromatic N) is 8. The van der Waals surface area contributed by atoms with Gasteiger partial charge in [0.15, 0.2) is 5.65 Å². The molecule has 2 aromatic heterocycles. The summed E-state index contributed by atoms with van der Waals surface area (Å²) >= 11 is 0. The monoisotopic (exact) mass is 1030 g/mol. The summed E-state index contributed by atoms with van der Waals surface area (Å²) in [6.07, 6.45) is 4.45. The number of piperazine rings is 1. The first kappa shape index (κ1) is 52.5. The van der Waals surface area contributed by atoms with E-state index in [9.17, 15) is 28.8 Å². The Hall–Kier alpha value is -7.37. The van der Waals surface area contributed by atoms with Gasteiger partial charge < -0.3 is 44.5 Å². The van der Waals surface area contributed by atoms with Gasteiger partial charge in [-0.1, -0.05) is 24.3 Å². The van der Waals surface area contributed by atoms with Crippen LogP contribution in [0.15, 0.2) is 79.1 Å². The zero-order valence-corrected chi connectivity index (χ0v) is 41.9. The van der Waals surface area contributed by atoms with Crippen LogP contribution in [-0.2, 0) is 38.1 Å². The second-order valence-electron chi connectivity index (χ2n) is 18.6. The molecule has 0 aliphatic carbocycles. The van der Waals surface area contributed by atoms with E-state index >= 15 is 0 Å². The maximum atomic E-state index is 13.6. The molecule has 22 heteroatoms. The molecule has 5 aromatic rings. The molecule has 3 aromatic carbocycles. The quantitative estimate of drug-likeness (QED) is 0.0590. The number of carbonyl (C=O) groups is 6. The van der Waals surface area contributed by atoms with Crippen molar-refractivity contribution in [3.8, 4) is 22.8 Å². The van der Waals surface area contributed by atoms with Gasteiger partial charge in [0.1, 0.15) is 42.0 Å². The molecule has 0 spiro atoms. The predicted octanol–water partition coefficient (Wildman–Crippen LogP) is 3.54. The molecule has 396 valence electrons. The average Bonchev–Trinajstić information content (AvgIpc) is 3.98. The fourth-order valence-electron chi connectivity index (χ4n) is 9.80. The zero-order chi connectivity index (χ0) is 52.1. The average molecular weight is 1030 g/mol. The highest BCUT2D eigenvalue weighted by Gasteiger charge is 2.45. The number of aromatic nitrogens is 4. The summed E-state index contributed by atoms with van der Waals surface area (Å²) in [4.78, 5) is 92.5. The molecule has 3 saturated heterocycles. The van der Waals surface area contributed by atoms with E-state index in [1.165, 1.54) is 6.33 Å². The number of amides is 6. The number of hydrogen-bond donors (Lipinski definition) is 3. The first-order valence-corrected chi connectivity index (χ1v) is 25.6. The highest BCUT2D eigenvalue weighted by atomic mass is 16.6. The van der Waals surface area contributed by atoms with E-state index < -0.39 is 29.7 Å². The number of likely N-dealkylation sites (tertiary alicyclic amines) is 1. The number of nitrogens with one attached hydrogen (secondary N) is 2. The standard InChI is InChI=1S/C53H63N11O11/c54-49-47-48(36-13-15-39(16-14-36)75-38-8-2-1-3-9-38)59-64(50(47)57-35-56-49)37-7-5-21-62(33-37)44(66)12-6-20-60-22-24-61(25-23-60)45(67)34-74-32-31-73-30-29-72-28-27-71-26-19-55-41-11-4-10-40-46(41)53(70)63(52(40)69)42-17-18-43(65)58-51(42)68/h1-4,8-11,13-16,35,37,42,55H,5-7,12,17-34H2,(H2,54,56,57)(H,58,65,68)/t37-,42?/m1/s1. The Labute approximate surface area is 433 Å². The predicted molar refractivity (Wildman–Crippen MR) is 274 cm³/mol. The number of fused-ring (bicyclic) bond motifs is 2. The van der Waals surface area contributed by atoms with Gasteiger partial charge >= 0.3 is 0 Å². The summed E-state index contributed by atoms with van der Waals surface area (Å²) in [5.41, 5.74) is 9.47. The molecule has 75 heavy (non-hydrogen) atoms. The zero-order valence-electron chi connectivity index (χ0n) is 41.9. The van der Waals surface area contributed by atoms with Gasteiger partial charge in [-0.15, -0.1) is 0 Å². The van der Waals surface area contributed by atoms with Crippen LogP contribution in [0.4, 0.5) is 11.5 Å². The lowest BCUT2D eigenvalue weighted by Crippen LogP contribution is -2.54. The Morgan fingerprint density at radius 1 is 0.733 bits per heavy atom. The molecular formula is C53H63N11O11. The van der Waals surface area contributed by atoms with Crippen LogP contribution in [0.25, 0.3) is 22.3 Å². The van der Waals surface area contributed by atoms with Gasteiger partial charge in [-0.3, -0.25) is 43.9 Å². The van der Waals surface area contributed by atoms with Crippen LogP contribution in [0, 0.1) is 0 Å². The maximum absolute atomic E-state index is 13.6. The summed E-state index contributed by atoms with van der Waals surface area (Å²) in [5.74, 6) is -0.364. The minimum atomic E-state index is -1.03. The van der Waals surface area contributed by atoms with E-state index in [1.54, 1.807) is 18.2 Å². The van der Waals surface area contributed by atoms with Crippen LogP contribution in [-0.4, -0.2) is 186 Å². The molecule has 0 bridgehead atoms. The second-order valence-corrected chi connectivity index (χ2v) is 18.6. The smallest absolute Gasteiger partial charge is 0.264 e. The minimum absolute atomic E-state index is 0.0208. The number of hydrogen-bond acceptors (Lipinski definition) is 17. The van der Waals surface area contributed by atoms with Crippen molar-refractivity contribution in [3.63, 3.8) is 0 Å². The lowest BCUT2D eigenvalue weighted by atomic mass is 10.0. The van der Waals surface area contributed by atoms with Crippen molar-refractivity contribution in [2.45, 2.75) is 50.6 Å². The third kappa shape index (κ3) is 12.9. The number of piperidine rings is 2. The molecule has 6 amide bonds. The van der Waals surface area contributed by atoms with Crippen LogP contribution >= 0.6 is 0 Å². The van der Waals surface area contributed by atoms with Crippen molar-refractivity contribution in [2.75, 3.05) is 116 Å². The lowest BCUT2D eigenvalue weighted by Gasteiger charge is -2.35. The number of ether oxygens (including phenoxy) is 5. The molecule has 0 saturated carbocycles. The Balaban J connectivity index is 0.597. The summed E-state index contributed by atoms with van der Waals surface area (Å²) in [5, 5.41) is 11.1. The van der Waals surface area contributed by atoms with Crippen molar-refractivity contribution in [1.82, 2.24) is 44.7 Å². The van der Waals surface area contributed by atoms with Crippen LogP contribution in [0.3, 0.4) is 0 Å². The number of imide groups is 2. The van der Waals surface area contributed by atoms with Gasteiger partial charge in [-0.25, -0.2) is 14.6 Å². The van der Waals surface area contributed by atoms with Gasteiger partial charge in [0.05, 0.1) is 68.8 Å². The van der Waals surface area contributed by atoms with Crippen LogP contribution < -0.4 is 21.1 Å². The van der Waals surface area contributed by atoms with Gasteiger partial charge in [-0.05, 0) is 80.8 Å². The van der Waals surface area contributed by atoms with Gasteiger partial charge in [-0.2, -0.15) is 5.10 Å². The van der Waals surface area contributed by atoms with E-state index in [0.29, 0.717) is 113 Å². The molecule has 1 unspecified atom stereocenters. The normalized spacial score (nSPS) is 18.2. The molecule has 0 radical (unpaired) electrons. The second kappa shape index (κ2) is 25.2. The van der Waals surface area contributed by atoms with Crippen LogP contribution in [0.5, 0.6) is 11.5 Å². The van der Waals surface area contributed by atoms with Crippen LogP contribution in [0.2, 0.25) is 0 Å². The summed E-state index contributed by atoms with van der Waals surface area (Å²) in [7, 11) is 0. The first-order chi connectivity index (χ1) is 36.6. The van der Waals surface area contributed by atoms with Gasteiger partial charge in [0.2, 0.25) is 23.6 Å². The summed E-state index contributed by atoms with van der Waals surface area (Å²) < 4.78 is 30.3. The van der Waals surface area contributed by atoms with Crippen LogP contribution in [0.1, 0.15) is 65.3 Å². The Bertz CT molecular complexity index is 2820. The van der Waals surface area contributed by atoms with Crippen molar-refractivity contribution >= 4 is 58.0 Å². The molecule has 2 atom stereocenters. The summed E-state index contributed by atoms with van der Waals surface area (Å²) in [6.45, 7) is 7.28. The number of rotatable bonds is 24. The molecule has 4 aliphatic rings. The van der Waals surface area contributed by atoms with E-state index in [-0.39, 0.29) is 55.0 Å². The molecular weight excluding hydrogens is 967 g/mol. The van der Waals surface area contributed by atoms with E-state index in [1.807, 2.05) is 69.1 Å². The Morgan fingerprint density at radius 2 is 1.45 bits per heavy atom. The molecule has 4 N–H and O–H groups in total. The molecule has 3 fully saturated rings.